The standard InChI is InChI=1S/C10H16N2O3S.C4H8O2/c13-8(14)4-2-1-3-7-9-6(5-16-7)11-10(15)12-9;1-2-3-4(5)6/h6-7,9H,1-5H2,(H,13,14)(H2,11,12,15);2-3H2,1H3,(H,5,6)/t6-,7-,9-;/m0./s1. The molecule has 2 heterocycles. The SMILES string of the molecule is CCCC(=O)O.O=C(O)CCCC[C@@H]1SC[C@@H]2NC(=O)N[C@@H]21. The first-order valence-corrected chi connectivity index (χ1v) is 8.61. The summed E-state index contributed by atoms with van der Waals surface area (Å²) in [6.45, 7) is 1.84. The summed E-state index contributed by atoms with van der Waals surface area (Å²) >= 11 is 1.87. The fraction of sp³-hybridized carbons (Fsp3) is 0.786. The number of carbonyl (C=O) groups excluding carboxylic acids is 1. The van der Waals surface area contributed by atoms with Gasteiger partial charge in [0.15, 0.2) is 0 Å². The van der Waals surface area contributed by atoms with Crippen LogP contribution < -0.4 is 10.6 Å². The Morgan fingerprint density at radius 1 is 1.18 bits per heavy atom. The van der Waals surface area contributed by atoms with Crippen LogP contribution in [0.15, 0.2) is 0 Å². The minimum absolute atomic E-state index is 0.0640. The van der Waals surface area contributed by atoms with Gasteiger partial charge in [0, 0.05) is 23.8 Å². The van der Waals surface area contributed by atoms with Crippen LogP contribution in [0.4, 0.5) is 4.79 Å². The highest BCUT2D eigenvalue weighted by Gasteiger charge is 2.42. The Bertz CT molecular complexity index is 405. The van der Waals surface area contributed by atoms with Crippen molar-refractivity contribution in [3.8, 4) is 0 Å². The number of carbonyl (C=O) groups is 3. The van der Waals surface area contributed by atoms with E-state index in [9.17, 15) is 14.4 Å². The molecule has 3 atom stereocenters. The van der Waals surface area contributed by atoms with Crippen molar-refractivity contribution in [2.75, 3.05) is 5.75 Å². The maximum atomic E-state index is 11.1. The van der Waals surface area contributed by atoms with Crippen molar-refractivity contribution < 1.29 is 24.6 Å². The zero-order chi connectivity index (χ0) is 16.5. The maximum Gasteiger partial charge on any atom is 0.315 e. The molecule has 22 heavy (non-hydrogen) atoms. The average molecular weight is 332 g/mol. The molecule has 2 aliphatic heterocycles. The highest BCUT2D eigenvalue weighted by molar-refractivity contribution is 8.00. The molecule has 0 aliphatic carbocycles. The second-order valence-corrected chi connectivity index (χ2v) is 6.68. The summed E-state index contributed by atoms with van der Waals surface area (Å²) in [5.74, 6) is -0.474. The van der Waals surface area contributed by atoms with E-state index in [-0.39, 0.29) is 24.5 Å². The third kappa shape index (κ3) is 6.55. The summed E-state index contributed by atoms with van der Waals surface area (Å²) in [5, 5.41) is 22.7. The lowest BCUT2D eigenvalue weighted by atomic mass is 10.0. The van der Waals surface area contributed by atoms with E-state index in [0.717, 1.165) is 31.4 Å². The van der Waals surface area contributed by atoms with Gasteiger partial charge in [-0.05, 0) is 19.3 Å². The van der Waals surface area contributed by atoms with Crippen LogP contribution in [0, 0.1) is 0 Å². The Hall–Kier alpha value is -1.44. The summed E-state index contributed by atoms with van der Waals surface area (Å²) in [6, 6.07) is 0.440. The molecule has 2 amide bonds. The Kier molecular flexibility index (Phi) is 8.08. The van der Waals surface area contributed by atoms with E-state index in [1.807, 2.05) is 18.7 Å². The molecule has 0 unspecified atom stereocenters. The molecule has 2 rings (SSSR count). The summed E-state index contributed by atoms with van der Waals surface area (Å²) < 4.78 is 0. The van der Waals surface area contributed by atoms with E-state index >= 15 is 0 Å². The molecule has 8 heteroatoms. The lowest BCUT2D eigenvalue weighted by Crippen LogP contribution is -2.36. The van der Waals surface area contributed by atoms with Crippen molar-refractivity contribution in [1.29, 1.82) is 0 Å². The number of aliphatic carboxylic acids is 2. The molecule has 2 saturated heterocycles. The zero-order valence-electron chi connectivity index (χ0n) is 12.7. The van der Waals surface area contributed by atoms with Crippen molar-refractivity contribution in [3.05, 3.63) is 0 Å². The predicted octanol–water partition coefficient (Wildman–Crippen LogP) is 1.67. The number of unbranched alkanes of at least 4 members (excludes halogenated alkanes) is 1. The smallest absolute Gasteiger partial charge is 0.315 e. The number of amides is 2. The molecular weight excluding hydrogens is 308 g/mol. The van der Waals surface area contributed by atoms with E-state index in [4.69, 9.17) is 10.2 Å². The van der Waals surface area contributed by atoms with Gasteiger partial charge in [0.05, 0.1) is 12.1 Å². The number of hydrogen-bond donors (Lipinski definition) is 4. The average Bonchev–Trinajstić information content (AvgIpc) is 2.95. The second-order valence-electron chi connectivity index (χ2n) is 5.41. The van der Waals surface area contributed by atoms with Crippen molar-refractivity contribution >= 4 is 29.7 Å². The minimum Gasteiger partial charge on any atom is -0.481 e. The fourth-order valence-electron chi connectivity index (χ4n) is 2.48. The molecule has 0 radical (unpaired) electrons. The molecule has 0 spiro atoms. The molecule has 0 aromatic rings. The molecule has 2 fully saturated rings. The Morgan fingerprint density at radius 3 is 2.41 bits per heavy atom. The number of fused-ring (bicyclic) bond motifs is 1. The molecule has 0 aromatic carbocycles. The van der Waals surface area contributed by atoms with Gasteiger partial charge in [0.1, 0.15) is 0 Å². The van der Waals surface area contributed by atoms with Crippen LogP contribution in [0.1, 0.15) is 45.4 Å². The summed E-state index contributed by atoms with van der Waals surface area (Å²) in [4.78, 5) is 31.1. The Labute approximate surface area is 134 Å². The normalized spacial score (nSPS) is 25.5. The summed E-state index contributed by atoms with van der Waals surface area (Å²) in [6.07, 6.45) is 3.90. The van der Waals surface area contributed by atoms with Crippen LogP contribution in [0.2, 0.25) is 0 Å². The van der Waals surface area contributed by atoms with Gasteiger partial charge in [0.2, 0.25) is 0 Å². The lowest BCUT2D eigenvalue weighted by molar-refractivity contribution is -0.138. The Morgan fingerprint density at radius 2 is 1.86 bits per heavy atom. The number of rotatable bonds is 7. The van der Waals surface area contributed by atoms with E-state index in [1.165, 1.54) is 0 Å². The first-order valence-electron chi connectivity index (χ1n) is 7.56. The molecule has 4 N–H and O–H groups in total. The van der Waals surface area contributed by atoms with Gasteiger partial charge in [-0.15, -0.1) is 0 Å². The Balaban J connectivity index is 0.000000346. The van der Waals surface area contributed by atoms with E-state index in [1.54, 1.807) is 0 Å². The largest absolute Gasteiger partial charge is 0.481 e. The number of hydrogen-bond acceptors (Lipinski definition) is 4. The lowest BCUT2D eigenvalue weighted by Gasteiger charge is -2.16. The molecule has 126 valence electrons. The first-order chi connectivity index (χ1) is 10.4. The quantitative estimate of drug-likeness (QED) is 0.416. The topological polar surface area (TPSA) is 116 Å². The van der Waals surface area contributed by atoms with E-state index < -0.39 is 11.9 Å². The molecule has 0 bridgehead atoms. The van der Waals surface area contributed by atoms with Crippen LogP contribution in [0.3, 0.4) is 0 Å². The molecular formula is C14H24N2O5S. The third-order valence-corrected chi connectivity index (χ3v) is 5.04. The molecule has 2 aliphatic rings. The van der Waals surface area contributed by atoms with Gasteiger partial charge in [-0.3, -0.25) is 9.59 Å². The number of urea groups is 1. The van der Waals surface area contributed by atoms with Gasteiger partial charge in [-0.25, -0.2) is 4.79 Å². The number of carboxylic acids is 2. The van der Waals surface area contributed by atoms with Crippen LogP contribution in [0.25, 0.3) is 0 Å². The van der Waals surface area contributed by atoms with Gasteiger partial charge in [-0.1, -0.05) is 13.3 Å². The van der Waals surface area contributed by atoms with E-state index in [0.29, 0.717) is 11.7 Å². The number of carboxylic acid groups (broad SMARTS) is 2. The maximum absolute atomic E-state index is 11.1. The monoisotopic (exact) mass is 332 g/mol. The van der Waals surface area contributed by atoms with Crippen molar-refractivity contribution in [3.63, 3.8) is 0 Å². The highest BCUT2D eigenvalue weighted by Crippen LogP contribution is 2.33. The van der Waals surface area contributed by atoms with Crippen LogP contribution in [-0.4, -0.2) is 51.3 Å². The van der Waals surface area contributed by atoms with Gasteiger partial charge in [0.25, 0.3) is 0 Å². The first kappa shape index (κ1) is 18.6. The zero-order valence-corrected chi connectivity index (χ0v) is 13.5. The highest BCUT2D eigenvalue weighted by atomic mass is 32.2. The predicted molar refractivity (Wildman–Crippen MR) is 84.1 cm³/mol. The minimum atomic E-state index is -0.729. The third-order valence-electron chi connectivity index (χ3n) is 3.53. The van der Waals surface area contributed by atoms with Gasteiger partial charge >= 0.3 is 18.0 Å². The van der Waals surface area contributed by atoms with Gasteiger partial charge < -0.3 is 20.8 Å². The van der Waals surface area contributed by atoms with Crippen molar-refractivity contribution in [2.24, 2.45) is 0 Å². The van der Waals surface area contributed by atoms with Crippen LogP contribution >= 0.6 is 11.8 Å². The van der Waals surface area contributed by atoms with Crippen molar-refractivity contribution in [2.45, 2.75) is 62.8 Å². The molecule has 0 aromatic heterocycles. The fourth-order valence-corrected chi connectivity index (χ4v) is 4.02. The van der Waals surface area contributed by atoms with Crippen molar-refractivity contribution in [1.82, 2.24) is 10.6 Å². The van der Waals surface area contributed by atoms with Gasteiger partial charge in [-0.2, -0.15) is 11.8 Å². The van der Waals surface area contributed by atoms with E-state index in [2.05, 4.69) is 10.6 Å². The summed E-state index contributed by atoms with van der Waals surface area (Å²) in [5.41, 5.74) is 0. The van der Waals surface area contributed by atoms with Crippen LogP contribution in [-0.2, 0) is 9.59 Å². The molecule has 7 nitrogen and oxygen atoms in total. The summed E-state index contributed by atoms with van der Waals surface area (Å²) in [7, 11) is 0. The molecule has 0 saturated carbocycles. The van der Waals surface area contributed by atoms with Crippen LogP contribution in [0.5, 0.6) is 0 Å². The second kappa shape index (κ2) is 9.55. The number of nitrogens with one attached hydrogen (secondary N) is 2. The number of thioether (sulfide) groups is 1.